The zero-order valence-electron chi connectivity index (χ0n) is 11.1. The number of carbonyl (C=O) groups is 1. The van der Waals surface area contributed by atoms with Gasteiger partial charge in [-0.15, -0.1) is 0 Å². The zero-order chi connectivity index (χ0) is 13.3. The fourth-order valence-electron chi connectivity index (χ4n) is 2.20. The molecule has 0 bridgehead atoms. The minimum Gasteiger partial charge on any atom is -0.493 e. The summed E-state index contributed by atoms with van der Waals surface area (Å²) in [6, 6.07) is 4.10. The third-order valence-corrected chi connectivity index (χ3v) is 3.02. The summed E-state index contributed by atoms with van der Waals surface area (Å²) in [6.45, 7) is 9.87. The second kappa shape index (κ2) is 4.84. The first kappa shape index (κ1) is 12.7. The summed E-state index contributed by atoms with van der Waals surface area (Å²) in [6.07, 6.45) is 0.464. The van der Waals surface area contributed by atoms with Crippen LogP contribution in [0.2, 0.25) is 0 Å². The molecule has 0 fully saturated rings. The Hall–Kier alpha value is -1.77. The number of esters is 1. The van der Waals surface area contributed by atoms with Gasteiger partial charge < -0.3 is 9.47 Å². The monoisotopic (exact) mass is 246 g/mol. The molecule has 2 rings (SSSR count). The molecule has 0 spiro atoms. The lowest BCUT2D eigenvalue weighted by atomic mass is 9.97. The van der Waals surface area contributed by atoms with Gasteiger partial charge in [-0.2, -0.15) is 0 Å². The van der Waals surface area contributed by atoms with Gasteiger partial charge in [0.25, 0.3) is 0 Å². The largest absolute Gasteiger partial charge is 0.493 e. The molecular formula is C15H18O3. The van der Waals surface area contributed by atoms with Crippen molar-refractivity contribution in [2.75, 3.05) is 6.61 Å². The molecule has 0 amide bonds. The van der Waals surface area contributed by atoms with Crippen LogP contribution >= 0.6 is 0 Å². The first-order valence-corrected chi connectivity index (χ1v) is 6.09. The smallest absolute Gasteiger partial charge is 0.333 e. The highest BCUT2D eigenvalue weighted by Gasteiger charge is 2.26. The minimum atomic E-state index is -0.341. The number of benzene rings is 1. The van der Waals surface area contributed by atoms with E-state index in [1.807, 2.05) is 19.9 Å². The molecule has 1 atom stereocenters. The van der Waals surface area contributed by atoms with E-state index in [0.717, 1.165) is 22.4 Å². The molecule has 96 valence electrons. The molecule has 0 saturated carbocycles. The van der Waals surface area contributed by atoms with Crippen LogP contribution in [0.1, 0.15) is 36.1 Å². The Morgan fingerprint density at radius 2 is 2.17 bits per heavy atom. The molecule has 1 aliphatic heterocycles. The highest BCUT2D eigenvalue weighted by atomic mass is 16.6. The third-order valence-electron chi connectivity index (χ3n) is 3.02. The number of carbonyl (C=O) groups excluding carboxylic acids is 1. The van der Waals surface area contributed by atoms with Gasteiger partial charge in [0.1, 0.15) is 11.9 Å². The summed E-state index contributed by atoms with van der Waals surface area (Å²) in [5, 5.41) is 0. The van der Waals surface area contributed by atoms with Crippen molar-refractivity contribution < 1.29 is 14.3 Å². The number of hydrogen-bond donors (Lipinski definition) is 0. The summed E-state index contributed by atoms with van der Waals surface area (Å²) >= 11 is 0. The van der Waals surface area contributed by atoms with Crippen molar-refractivity contribution in [3.63, 3.8) is 0 Å². The van der Waals surface area contributed by atoms with Gasteiger partial charge in [-0.3, -0.25) is 0 Å². The molecule has 0 N–H and O–H groups in total. The van der Waals surface area contributed by atoms with Crippen LogP contribution in [-0.2, 0) is 9.53 Å². The number of rotatable bonds is 2. The molecule has 0 radical (unpaired) electrons. The summed E-state index contributed by atoms with van der Waals surface area (Å²) in [7, 11) is 0. The van der Waals surface area contributed by atoms with E-state index in [1.54, 1.807) is 6.92 Å². The predicted octanol–water partition coefficient (Wildman–Crippen LogP) is 3.25. The predicted molar refractivity (Wildman–Crippen MR) is 69.7 cm³/mol. The van der Waals surface area contributed by atoms with Crippen LogP contribution in [0.3, 0.4) is 0 Å². The summed E-state index contributed by atoms with van der Waals surface area (Å²) in [4.78, 5) is 11.6. The quantitative estimate of drug-likeness (QED) is 0.593. The van der Waals surface area contributed by atoms with Gasteiger partial charge in [-0.1, -0.05) is 18.2 Å². The molecule has 3 nitrogen and oxygen atoms in total. The van der Waals surface area contributed by atoms with Gasteiger partial charge in [-0.05, 0) is 32.4 Å². The highest BCUT2D eigenvalue weighted by Crippen LogP contribution is 2.37. The van der Waals surface area contributed by atoms with Gasteiger partial charge in [0.2, 0.25) is 0 Å². The van der Waals surface area contributed by atoms with E-state index >= 15 is 0 Å². The summed E-state index contributed by atoms with van der Waals surface area (Å²) < 4.78 is 11.1. The third kappa shape index (κ3) is 2.40. The molecule has 0 saturated heterocycles. The molecule has 1 aromatic carbocycles. The maximum absolute atomic E-state index is 11.6. The van der Waals surface area contributed by atoms with E-state index in [1.165, 1.54) is 0 Å². The topological polar surface area (TPSA) is 35.5 Å². The lowest BCUT2D eigenvalue weighted by Crippen LogP contribution is -2.20. The van der Waals surface area contributed by atoms with Crippen molar-refractivity contribution in [3.05, 3.63) is 41.0 Å². The van der Waals surface area contributed by atoms with Gasteiger partial charge >= 0.3 is 5.97 Å². The Kier molecular flexibility index (Phi) is 3.41. The van der Waals surface area contributed by atoms with E-state index in [4.69, 9.17) is 9.47 Å². The van der Waals surface area contributed by atoms with Gasteiger partial charge in [0.05, 0.1) is 6.61 Å². The number of fused-ring (bicyclic) bond motifs is 1. The Balaban J connectivity index is 2.33. The first-order chi connectivity index (χ1) is 8.49. The van der Waals surface area contributed by atoms with Crippen molar-refractivity contribution in [1.29, 1.82) is 0 Å². The fourth-order valence-corrected chi connectivity index (χ4v) is 2.20. The Morgan fingerprint density at radius 3 is 2.83 bits per heavy atom. The minimum absolute atomic E-state index is 0.225. The highest BCUT2D eigenvalue weighted by molar-refractivity contribution is 5.87. The van der Waals surface area contributed by atoms with E-state index in [9.17, 15) is 4.79 Å². The molecule has 1 unspecified atom stereocenters. The molecular weight excluding hydrogens is 228 g/mol. The van der Waals surface area contributed by atoms with Crippen LogP contribution in [0, 0.1) is 13.8 Å². The molecule has 1 aliphatic rings. The van der Waals surface area contributed by atoms with Crippen molar-refractivity contribution in [2.45, 2.75) is 33.3 Å². The zero-order valence-corrected chi connectivity index (χ0v) is 11.1. The molecule has 1 aromatic rings. The van der Waals surface area contributed by atoms with Crippen molar-refractivity contribution in [2.24, 2.45) is 0 Å². The first-order valence-electron chi connectivity index (χ1n) is 6.09. The number of hydrogen-bond acceptors (Lipinski definition) is 3. The van der Waals surface area contributed by atoms with E-state index in [2.05, 4.69) is 12.6 Å². The molecule has 3 heteroatoms. The Morgan fingerprint density at radius 1 is 1.44 bits per heavy atom. The fraction of sp³-hybridized carbons (Fsp3) is 0.400. The van der Waals surface area contributed by atoms with Crippen molar-refractivity contribution in [1.82, 2.24) is 0 Å². The maximum atomic E-state index is 11.6. The van der Waals surface area contributed by atoms with Gasteiger partial charge in [-0.25, -0.2) is 4.79 Å². The number of aryl methyl sites for hydroxylation is 2. The number of ether oxygens (including phenoxy) is 2. The Bertz CT molecular complexity index is 503. The molecule has 18 heavy (non-hydrogen) atoms. The second-order valence-corrected chi connectivity index (χ2v) is 4.81. The second-order valence-electron chi connectivity index (χ2n) is 4.81. The molecule has 0 aliphatic carbocycles. The average molecular weight is 246 g/mol. The lowest BCUT2D eigenvalue weighted by molar-refractivity contribution is -0.145. The molecule has 1 heterocycles. The van der Waals surface area contributed by atoms with Crippen LogP contribution in [0.4, 0.5) is 0 Å². The van der Waals surface area contributed by atoms with Crippen LogP contribution in [0.25, 0.3) is 0 Å². The Labute approximate surface area is 107 Å². The van der Waals surface area contributed by atoms with Crippen molar-refractivity contribution in [3.8, 4) is 5.75 Å². The average Bonchev–Trinajstić information content (AvgIpc) is 2.29. The van der Waals surface area contributed by atoms with Crippen LogP contribution in [0.15, 0.2) is 24.3 Å². The normalized spacial score (nSPS) is 17.6. The van der Waals surface area contributed by atoms with E-state index in [-0.39, 0.29) is 12.1 Å². The van der Waals surface area contributed by atoms with Crippen LogP contribution in [0.5, 0.6) is 5.75 Å². The van der Waals surface area contributed by atoms with E-state index < -0.39 is 0 Å². The van der Waals surface area contributed by atoms with Crippen molar-refractivity contribution >= 4 is 5.97 Å². The van der Waals surface area contributed by atoms with Crippen LogP contribution in [-0.4, -0.2) is 12.6 Å². The molecule has 0 aromatic heterocycles. The standard InChI is InChI=1S/C15H18O3/c1-9(2)15(16)18-13-5-6-17-14-11(4)7-10(3)8-12(13)14/h7-8,13H,1,5-6H2,2-4H3. The van der Waals surface area contributed by atoms with Gasteiger partial charge in [0.15, 0.2) is 0 Å². The van der Waals surface area contributed by atoms with Gasteiger partial charge in [0, 0.05) is 17.6 Å². The van der Waals surface area contributed by atoms with Crippen LogP contribution < -0.4 is 4.74 Å². The van der Waals surface area contributed by atoms with E-state index in [0.29, 0.717) is 18.6 Å². The maximum Gasteiger partial charge on any atom is 0.333 e. The SMILES string of the molecule is C=C(C)C(=O)OC1CCOc2c(C)cc(C)cc21. The summed E-state index contributed by atoms with van der Waals surface area (Å²) in [5.41, 5.74) is 3.62. The summed E-state index contributed by atoms with van der Waals surface area (Å²) in [5.74, 6) is 0.512. The lowest BCUT2D eigenvalue weighted by Gasteiger charge is -2.27.